The van der Waals surface area contributed by atoms with Crippen molar-refractivity contribution in [2.75, 3.05) is 7.05 Å². The van der Waals surface area contributed by atoms with Gasteiger partial charge < -0.3 is 14.7 Å². The van der Waals surface area contributed by atoms with Crippen LogP contribution in [0.25, 0.3) is 0 Å². The summed E-state index contributed by atoms with van der Waals surface area (Å²) in [5, 5.41) is 6.75. The fourth-order valence-electron chi connectivity index (χ4n) is 2.49. The minimum Gasteiger partial charge on any atom is -0.337 e. The Hall–Kier alpha value is -2.37. The SMILES string of the molecule is CC(C)c1ccc(CN(C)C(=O)NCc2nc(C3CC3)no2)cc1. The van der Waals surface area contributed by atoms with Gasteiger partial charge in [0.05, 0.1) is 6.54 Å². The molecule has 1 aliphatic rings. The molecule has 6 heteroatoms. The minimum atomic E-state index is -0.158. The third kappa shape index (κ3) is 4.13. The number of urea groups is 1. The molecule has 0 spiro atoms. The molecule has 128 valence electrons. The molecular formula is C18H24N4O2. The summed E-state index contributed by atoms with van der Waals surface area (Å²) in [4.78, 5) is 18.1. The van der Waals surface area contributed by atoms with Crippen LogP contribution >= 0.6 is 0 Å². The zero-order valence-corrected chi connectivity index (χ0v) is 14.5. The van der Waals surface area contributed by atoms with E-state index >= 15 is 0 Å². The molecule has 1 fully saturated rings. The van der Waals surface area contributed by atoms with Gasteiger partial charge in [-0.1, -0.05) is 43.3 Å². The van der Waals surface area contributed by atoms with Gasteiger partial charge in [-0.2, -0.15) is 4.98 Å². The van der Waals surface area contributed by atoms with Gasteiger partial charge in [-0.25, -0.2) is 4.79 Å². The number of hydrogen-bond acceptors (Lipinski definition) is 4. The highest BCUT2D eigenvalue weighted by Gasteiger charge is 2.28. The Kier molecular flexibility index (Phi) is 4.83. The van der Waals surface area contributed by atoms with Crippen molar-refractivity contribution in [3.8, 4) is 0 Å². The molecule has 0 aliphatic heterocycles. The molecule has 6 nitrogen and oxygen atoms in total. The van der Waals surface area contributed by atoms with E-state index < -0.39 is 0 Å². The Balaban J connectivity index is 1.48. The fraction of sp³-hybridized carbons (Fsp3) is 0.500. The number of carbonyl (C=O) groups is 1. The summed E-state index contributed by atoms with van der Waals surface area (Å²) < 4.78 is 5.16. The van der Waals surface area contributed by atoms with Crippen molar-refractivity contribution in [1.29, 1.82) is 0 Å². The molecule has 0 bridgehead atoms. The zero-order chi connectivity index (χ0) is 17.1. The van der Waals surface area contributed by atoms with Crippen molar-refractivity contribution in [2.24, 2.45) is 0 Å². The number of hydrogen-bond donors (Lipinski definition) is 1. The van der Waals surface area contributed by atoms with E-state index in [1.165, 1.54) is 5.56 Å². The van der Waals surface area contributed by atoms with E-state index in [0.29, 0.717) is 24.3 Å². The lowest BCUT2D eigenvalue weighted by Gasteiger charge is -2.18. The fourth-order valence-corrected chi connectivity index (χ4v) is 2.49. The largest absolute Gasteiger partial charge is 0.337 e. The van der Waals surface area contributed by atoms with Gasteiger partial charge in [-0.05, 0) is 29.9 Å². The number of carbonyl (C=O) groups excluding carboxylic acids is 1. The van der Waals surface area contributed by atoms with Crippen molar-refractivity contribution >= 4 is 6.03 Å². The Morgan fingerprint density at radius 2 is 2.04 bits per heavy atom. The molecule has 3 rings (SSSR count). The van der Waals surface area contributed by atoms with Crippen LogP contribution in [0, 0.1) is 0 Å². The topological polar surface area (TPSA) is 71.3 Å². The molecule has 1 heterocycles. The molecule has 0 unspecified atom stereocenters. The number of benzene rings is 1. The number of nitrogens with one attached hydrogen (secondary N) is 1. The van der Waals surface area contributed by atoms with E-state index in [2.05, 4.69) is 53.6 Å². The highest BCUT2D eigenvalue weighted by atomic mass is 16.5. The average molecular weight is 328 g/mol. The maximum Gasteiger partial charge on any atom is 0.317 e. The molecule has 24 heavy (non-hydrogen) atoms. The van der Waals surface area contributed by atoms with Crippen molar-refractivity contribution < 1.29 is 9.32 Å². The first-order valence-electron chi connectivity index (χ1n) is 8.43. The van der Waals surface area contributed by atoms with Gasteiger partial charge in [-0.3, -0.25) is 0 Å². The van der Waals surface area contributed by atoms with Crippen molar-refractivity contribution in [1.82, 2.24) is 20.4 Å². The monoisotopic (exact) mass is 328 g/mol. The lowest BCUT2D eigenvalue weighted by atomic mass is 10.0. The van der Waals surface area contributed by atoms with Crippen molar-refractivity contribution in [2.45, 2.75) is 51.6 Å². The molecule has 2 amide bonds. The summed E-state index contributed by atoms with van der Waals surface area (Å²) in [6, 6.07) is 8.21. The second kappa shape index (κ2) is 7.03. The quantitative estimate of drug-likeness (QED) is 0.882. The van der Waals surface area contributed by atoms with Crippen molar-refractivity contribution in [3.05, 3.63) is 47.1 Å². The first-order valence-corrected chi connectivity index (χ1v) is 8.43. The van der Waals surface area contributed by atoms with Crippen LogP contribution in [0.15, 0.2) is 28.8 Å². The van der Waals surface area contributed by atoms with Gasteiger partial charge in [0.2, 0.25) is 5.89 Å². The van der Waals surface area contributed by atoms with E-state index in [9.17, 15) is 4.79 Å². The Bertz CT molecular complexity index is 689. The third-order valence-electron chi connectivity index (χ3n) is 4.23. The summed E-state index contributed by atoms with van der Waals surface area (Å²) in [6.45, 7) is 5.15. The molecule has 0 saturated heterocycles. The van der Waals surface area contributed by atoms with Gasteiger partial charge in [0.15, 0.2) is 5.82 Å². The summed E-state index contributed by atoms with van der Waals surface area (Å²) in [7, 11) is 1.77. The van der Waals surface area contributed by atoms with Crippen LogP contribution in [0.3, 0.4) is 0 Å². The van der Waals surface area contributed by atoms with Crippen LogP contribution in [0.1, 0.15) is 61.4 Å². The number of amides is 2. The molecule has 0 atom stereocenters. The first kappa shape index (κ1) is 16.5. The van der Waals surface area contributed by atoms with Crippen LogP contribution in [0.2, 0.25) is 0 Å². The van der Waals surface area contributed by atoms with Crippen LogP contribution in [-0.2, 0) is 13.1 Å². The van der Waals surface area contributed by atoms with Gasteiger partial charge in [0.1, 0.15) is 0 Å². The van der Waals surface area contributed by atoms with Crippen LogP contribution in [-0.4, -0.2) is 28.1 Å². The maximum atomic E-state index is 12.2. The highest BCUT2D eigenvalue weighted by Crippen LogP contribution is 2.38. The number of rotatable bonds is 6. The van der Waals surface area contributed by atoms with Crippen LogP contribution in [0.4, 0.5) is 4.79 Å². The number of nitrogens with zero attached hydrogens (tertiary/aromatic N) is 3. The van der Waals surface area contributed by atoms with E-state index in [4.69, 9.17) is 4.52 Å². The molecule has 2 aromatic rings. The molecule has 0 radical (unpaired) electrons. The third-order valence-corrected chi connectivity index (χ3v) is 4.23. The predicted molar refractivity (Wildman–Crippen MR) is 90.5 cm³/mol. The van der Waals surface area contributed by atoms with Crippen LogP contribution in [0.5, 0.6) is 0 Å². The van der Waals surface area contributed by atoms with Gasteiger partial charge in [0, 0.05) is 19.5 Å². The summed E-state index contributed by atoms with van der Waals surface area (Å²) in [5.41, 5.74) is 2.40. The molecule has 1 aromatic heterocycles. The smallest absolute Gasteiger partial charge is 0.317 e. The molecule has 1 saturated carbocycles. The van der Waals surface area contributed by atoms with E-state index in [1.54, 1.807) is 11.9 Å². The van der Waals surface area contributed by atoms with Gasteiger partial charge >= 0.3 is 6.03 Å². The average Bonchev–Trinajstić information content (AvgIpc) is 3.31. The molecular weight excluding hydrogens is 304 g/mol. The van der Waals surface area contributed by atoms with E-state index in [-0.39, 0.29) is 12.6 Å². The van der Waals surface area contributed by atoms with E-state index in [1.807, 2.05) is 0 Å². The summed E-state index contributed by atoms with van der Waals surface area (Å²) in [5.74, 6) is 2.18. The lowest BCUT2D eigenvalue weighted by Crippen LogP contribution is -2.36. The van der Waals surface area contributed by atoms with Gasteiger partial charge in [-0.15, -0.1) is 0 Å². The van der Waals surface area contributed by atoms with Crippen molar-refractivity contribution in [3.63, 3.8) is 0 Å². The Morgan fingerprint density at radius 1 is 1.33 bits per heavy atom. The second-order valence-corrected chi connectivity index (χ2v) is 6.73. The minimum absolute atomic E-state index is 0.158. The normalized spacial score (nSPS) is 14.0. The standard InChI is InChI=1S/C18H24N4O2/c1-12(2)14-6-4-13(5-7-14)11-22(3)18(23)19-10-16-20-17(21-24-16)15-8-9-15/h4-7,12,15H,8-11H2,1-3H3,(H,19,23). The highest BCUT2D eigenvalue weighted by molar-refractivity contribution is 5.73. The number of aromatic nitrogens is 2. The second-order valence-electron chi connectivity index (χ2n) is 6.73. The van der Waals surface area contributed by atoms with E-state index in [0.717, 1.165) is 24.2 Å². The Labute approximate surface area is 142 Å². The molecule has 1 aliphatic carbocycles. The summed E-state index contributed by atoms with van der Waals surface area (Å²) >= 11 is 0. The van der Waals surface area contributed by atoms with Gasteiger partial charge in [0.25, 0.3) is 0 Å². The molecule has 1 N–H and O–H groups in total. The zero-order valence-electron chi connectivity index (χ0n) is 14.5. The molecule has 1 aromatic carbocycles. The maximum absolute atomic E-state index is 12.2. The lowest BCUT2D eigenvalue weighted by molar-refractivity contribution is 0.204. The predicted octanol–water partition coefficient (Wildman–Crippen LogP) is 3.41. The summed E-state index contributed by atoms with van der Waals surface area (Å²) in [6.07, 6.45) is 2.26. The first-order chi connectivity index (χ1) is 11.5. The Morgan fingerprint density at radius 3 is 2.67 bits per heavy atom. The van der Waals surface area contributed by atoms with Crippen LogP contribution < -0.4 is 5.32 Å².